The molecule has 0 heterocycles. The van der Waals surface area contributed by atoms with Gasteiger partial charge in [0.1, 0.15) is 6.61 Å². The number of hydrogen-bond acceptors (Lipinski definition) is 3. The van der Waals surface area contributed by atoms with Crippen molar-refractivity contribution < 1.29 is 14.3 Å². The predicted octanol–water partition coefficient (Wildman–Crippen LogP) is 3.48. The summed E-state index contributed by atoms with van der Waals surface area (Å²) in [6, 6.07) is 4.07. The Balaban J connectivity index is 2.40. The average molecular weight is 278 g/mol. The molecule has 0 spiro atoms. The van der Waals surface area contributed by atoms with Crippen LogP contribution in [0.4, 0.5) is 0 Å². The van der Waals surface area contributed by atoms with Crippen molar-refractivity contribution in [3.05, 3.63) is 34.4 Å². The molecule has 1 rings (SSSR count). The monoisotopic (exact) mass is 278 g/mol. The highest BCUT2D eigenvalue weighted by Crippen LogP contribution is 2.17. The van der Waals surface area contributed by atoms with Crippen LogP contribution in [0, 0.1) is 26.7 Å². The molecule has 0 saturated heterocycles. The number of aryl methyl sites for hydroxylation is 3. The molecule has 0 saturated carbocycles. The molecule has 3 heteroatoms. The lowest BCUT2D eigenvalue weighted by molar-refractivity contribution is 0.0363. The van der Waals surface area contributed by atoms with Crippen LogP contribution in [-0.2, 0) is 9.47 Å². The van der Waals surface area contributed by atoms with Crippen LogP contribution >= 0.6 is 0 Å². The van der Waals surface area contributed by atoms with Crippen LogP contribution in [0.25, 0.3) is 0 Å². The molecule has 0 radical (unpaired) electrons. The molecule has 112 valence electrons. The van der Waals surface area contributed by atoms with E-state index in [-0.39, 0.29) is 12.4 Å². The van der Waals surface area contributed by atoms with Crippen LogP contribution in [0.1, 0.15) is 40.9 Å². The van der Waals surface area contributed by atoms with Crippen molar-refractivity contribution in [1.29, 1.82) is 0 Å². The third-order valence-electron chi connectivity index (χ3n) is 3.01. The molecular weight excluding hydrogens is 252 g/mol. The van der Waals surface area contributed by atoms with Crippen molar-refractivity contribution in [1.82, 2.24) is 0 Å². The van der Waals surface area contributed by atoms with Crippen molar-refractivity contribution in [2.24, 2.45) is 5.92 Å². The minimum absolute atomic E-state index is 0.0452. The molecular formula is C17H26O3. The fourth-order valence-electron chi connectivity index (χ4n) is 2.29. The second-order valence-corrected chi connectivity index (χ2v) is 5.72. The van der Waals surface area contributed by atoms with E-state index in [0.29, 0.717) is 19.1 Å². The minimum Gasteiger partial charge on any atom is -0.379 e. The molecule has 1 aromatic rings. The number of benzene rings is 1. The fraction of sp³-hybridized carbons (Fsp3) is 0.588. The summed E-state index contributed by atoms with van der Waals surface area (Å²) in [5, 5.41) is 0. The summed E-state index contributed by atoms with van der Waals surface area (Å²) in [7, 11) is 0. The summed E-state index contributed by atoms with van der Waals surface area (Å²) in [6.45, 7) is 12.0. The molecule has 0 aliphatic heterocycles. The summed E-state index contributed by atoms with van der Waals surface area (Å²) in [5.74, 6) is 0.568. The van der Waals surface area contributed by atoms with Gasteiger partial charge in [0.05, 0.1) is 13.2 Å². The number of ketones is 1. The zero-order chi connectivity index (χ0) is 15.1. The Morgan fingerprint density at radius 3 is 2.15 bits per heavy atom. The van der Waals surface area contributed by atoms with Gasteiger partial charge in [-0.2, -0.15) is 0 Å². The van der Waals surface area contributed by atoms with Crippen LogP contribution in [0.15, 0.2) is 12.1 Å². The predicted molar refractivity (Wildman–Crippen MR) is 81.5 cm³/mol. The Kier molecular flexibility index (Phi) is 6.89. The van der Waals surface area contributed by atoms with Gasteiger partial charge in [0, 0.05) is 12.2 Å². The molecule has 0 bridgehead atoms. The average Bonchev–Trinajstić information content (AvgIpc) is 2.31. The zero-order valence-electron chi connectivity index (χ0n) is 13.3. The third-order valence-corrected chi connectivity index (χ3v) is 3.01. The summed E-state index contributed by atoms with van der Waals surface area (Å²) >= 11 is 0. The Morgan fingerprint density at radius 1 is 1.05 bits per heavy atom. The third kappa shape index (κ3) is 5.43. The first-order valence-electron chi connectivity index (χ1n) is 7.18. The van der Waals surface area contributed by atoms with Gasteiger partial charge in [-0.15, -0.1) is 0 Å². The van der Waals surface area contributed by atoms with Crippen LogP contribution in [0.5, 0.6) is 0 Å². The van der Waals surface area contributed by atoms with E-state index >= 15 is 0 Å². The lowest BCUT2D eigenvalue weighted by Crippen LogP contribution is -2.15. The van der Waals surface area contributed by atoms with Crippen LogP contribution in [0.2, 0.25) is 0 Å². The summed E-state index contributed by atoms with van der Waals surface area (Å²) in [5.41, 5.74) is 4.01. The second-order valence-electron chi connectivity index (χ2n) is 5.72. The zero-order valence-corrected chi connectivity index (χ0v) is 13.3. The van der Waals surface area contributed by atoms with Gasteiger partial charge >= 0.3 is 0 Å². The molecule has 0 unspecified atom stereocenters. The standard InChI is InChI=1S/C17H26O3/c1-12(2)10-19-6-7-20-11-16(18)17-14(4)8-13(3)9-15(17)5/h8-9,12H,6-7,10-11H2,1-5H3. The Hall–Kier alpha value is -1.19. The number of carbonyl (C=O) groups is 1. The van der Waals surface area contributed by atoms with E-state index in [9.17, 15) is 4.79 Å². The Morgan fingerprint density at radius 2 is 1.60 bits per heavy atom. The van der Waals surface area contributed by atoms with Crippen LogP contribution in [-0.4, -0.2) is 32.2 Å². The topological polar surface area (TPSA) is 35.5 Å². The van der Waals surface area contributed by atoms with Gasteiger partial charge in [-0.3, -0.25) is 4.79 Å². The fourth-order valence-corrected chi connectivity index (χ4v) is 2.29. The highest BCUT2D eigenvalue weighted by molar-refractivity contribution is 5.99. The minimum atomic E-state index is 0.0452. The molecule has 0 aliphatic rings. The maximum Gasteiger partial charge on any atom is 0.188 e. The van der Waals surface area contributed by atoms with Gasteiger partial charge in [0.2, 0.25) is 0 Å². The first-order valence-corrected chi connectivity index (χ1v) is 7.18. The van der Waals surface area contributed by atoms with Gasteiger partial charge in [-0.25, -0.2) is 0 Å². The lowest BCUT2D eigenvalue weighted by atomic mass is 9.97. The Labute approximate surface area is 122 Å². The maximum absolute atomic E-state index is 12.2. The van der Waals surface area contributed by atoms with Crippen LogP contribution < -0.4 is 0 Å². The van der Waals surface area contributed by atoms with Crippen LogP contribution in [0.3, 0.4) is 0 Å². The highest BCUT2D eigenvalue weighted by atomic mass is 16.5. The first kappa shape index (κ1) is 16.9. The highest BCUT2D eigenvalue weighted by Gasteiger charge is 2.12. The summed E-state index contributed by atoms with van der Waals surface area (Å²) in [6.07, 6.45) is 0. The quantitative estimate of drug-likeness (QED) is 0.539. The smallest absolute Gasteiger partial charge is 0.188 e. The maximum atomic E-state index is 12.2. The first-order chi connectivity index (χ1) is 9.41. The molecule has 0 aliphatic carbocycles. The largest absolute Gasteiger partial charge is 0.379 e. The van der Waals surface area contributed by atoms with E-state index in [4.69, 9.17) is 9.47 Å². The van der Waals surface area contributed by atoms with Crippen molar-refractivity contribution in [2.75, 3.05) is 26.4 Å². The van der Waals surface area contributed by atoms with Gasteiger partial charge in [-0.05, 0) is 37.8 Å². The Bertz CT molecular complexity index is 427. The van der Waals surface area contributed by atoms with Gasteiger partial charge < -0.3 is 9.47 Å². The van der Waals surface area contributed by atoms with Gasteiger partial charge in [0.15, 0.2) is 5.78 Å². The number of hydrogen-bond donors (Lipinski definition) is 0. The molecule has 0 fully saturated rings. The number of carbonyl (C=O) groups excluding carboxylic acids is 1. The van der Waals surface area contributed by atoms with E-state index in [1.54, 1.807) is 0 Å². The van der Waals surface area contributed by atoms with E-state index < -0.39 is 0 Å². The molecule has 0 amide bonds. The van der Waals surface area contributed by atoms with E-state index in [2.05, 4.69) is 13.8 Å². The lowest BCUT2D eigenvalue weighted by Gasteiger charge is -2.11. The normalized spacial score (nSPS) is 11.1. The van der Waals surface area contributed by atoms with E-state index in [1.807, 2.05) is 32.9 Å². The molecule has 3 nitrogen and oxygen atoms in total. The van der Waals surface area contributed by atoms with Crippen molar-refractivity contribution in [2.45, 2.75) is 34.6 Å². The molecule has 0 aromatic heterocycles. The van der Waals surface area contributed by atoms with Gasteiger partial charge in [-0.1, -0.05) is 31.5 Å². The number of ether oxygens (including phenoxy) is 2. The summed E-state index contributed by atoms with van der Waals surface area (Å²) in [4.78, 5) is 12.2. The molecule has 0 atom stereocenters. The van der Waals surface area contributed by atoms with Crippen molar-refractivity contribution >= 4 is 5.78 Å². The van der Waals surface area contributed by atoms with Gasteiger partial charge in [0.25, 0.3) is 0 Å². The molecule has 1 aromatic carbocycles. The summed E-state index contributed by atoms with van der Waals surface area (Å²) < 4.78 is 10.8. The van der Waals surface area contributed by atoms with E-state index in [0.717, 1.165) is 23.3 Å². The number of rotatable bonds is 8. The SMILES string of the molecule is Cc1cc(C)c(C(=O)COCCOCC(C)C)c(C)c1. The molecule has 0 N–H and O–H groups in total. The van der Waals surface area contributed by atoms with Crippen molar-refractivity contribution in [3.63, 3.8) is 0 Å². The second kappa shape index (κ2) is 8.18. The van der Waals surface area contributed by atoms with Crippen molar-refractivity contribution in [3.8, 4) is 0 Å². The number of Topliss-reactive ketones (excluding diaryl/α,β-unsaturated/α-hetero) is 1. The van der Waals surface area contributed by atoms with E-state index in [1.165, 1.54) is 5.56 Å². The molecule has 20 heavy (non-hydrogen) atoms.